The molecule has 0 spiro atoms. The zero-order valence-electron chi connectivity index (χ0n) is 17.1. The standard InChI is InChI=1S/C22H23ClF2N4O2/c1-13-11-28(6-7-29(13)16-9-17(24)22(23)18(25)10-16)12-21(31)26-15-3-4-19-14(8-15)2-5-20(30)27-19/h3-4,8-10,13H,2,5-7,11-12H2,1H3,(H,26,31)(H,27,30)/t13-/m1/s1. The molecule has 2 heterocycles. The third kappa shape index (κ3) is 4.80. The van der Waals surface area contributed by atoms with Gasteiger partial charge in [0.2, 0.25) is 11.8 Å². The van der Waals surface area contributed by atoms with E-state index in [-0.39, 0.29) is 24.4 Å². The Kier molecular flexibility index (Phi) is 6.11. The van der Waals surface area contributed by atoms with Crippen molar-refractivity contribution >= 4 is 40.5 Å². The van der Waals surface area contributed by atoms with Crippen molar-refractivity contribution in [1.29, 1.82) is 0 Å². The Bertz CT molecular complexity index is 1010. The Morgan fingerprint density at radius 3 is 2.65 bits per heavy atom. The SMILES string of the molecule is C[C@@H]1CN(CC(=O)Nc2ccc3c(c2)CCC(=O)N3)CCN1c1cc(F)c(Cl)c(F)c1. The van der Waals surface area contributed by atoms with Crippen LogP contribution in [-0.2, 0) is 16.0 Å². The first-order chi connectivity index (χ1) is 14.8. The van der Waals surface area contributed by atoms with Crippen molar-refractivity contribution in [3.05, 3.63) is 52.6 Å². The highest BCUT2D eigenvalue weighted by Gasteiger charge is 2.26. The summed E-state index contributed by atoms with van der Waals surface area (Å²) in [5.74, 6) is -1.70. The number of piperazine rings is 1. The number of hydrogen-bond donors (Lipinski definition) is 2. The smallest absolute Gasteiger partial charge is 0.238 e. The normalized spacial score (nSPS) is 19.0. The summed E-state index contributed by atoms with van der Waals surface area (Å²) in [6.07, 6.45) is 1.09. The molecule has 1 atom stereocenters. The van der Waals surface area contributed by atoms with Gasteiger partial charge in [-0.15, -0.1) is 0 Å². The van der Waals surface area contributed by atoms with Crippen molar-refractivity contribution in [1.82, 2.24) is 4.90 Å². The van der Waals surface area contributed by atoms with Crippen LogP contribution in [0.2, 0.25) is 5.02 Å². The molecule has 0 aromatic heterocycles. The van der Waals surface area contributed by atoms with Crippen LogP contribution in [0.4, 0.5) is 25.8 Å². The Balaban J connectivity index is 1.34. The molecule has 0 bridgehead atoms. The Hall–Kier alpha value is -2.71. The maximum absolute atomic E-state index is 13.8. The highest BCUT2D eigenvalue weighted by atomic mass is 35.5. The van der Waals surface area contributed by atoms with Crippen molar-refractivity contribution in [3.8, 4) is 0 Å². The number of nitrogens with zero attached hydrogens (tertiary/aromatic N) is 2. The van der Waals surface area contributed by atoms with Crippen molar-refractivity contribution in [2.75, 3.05) is 41.7 Å². The van der Waals surface area contributed by atoms with E-state index in [0.29, 0.717) is 43.9 Å². The van der Waals surface area contributed by atoms with Gasteiger partial charge in [0.15, 0.2) is 0 Å². The van der Waals surface area contributed by atoms with Crippen LogP contribution >= 0.6 is 11.6 Å². The zero-order valence-corrected chi connectivity index (χ0v) is 17.8. The van der Waals surface area contributed by atoms with Crippen LogP contribution in [-0.4, -0.2) is 48.9 Å². The largest absolute Gasteiger partial charge is 0.366 e. The van der Waals surface area contributed by atoms with Gasteiger partial charge in [-0.25, -0.2) is 8.78 Å². The van der Waals surface area contributed by atoms with Crippen molar-refractivity contribution in [2.24, 2.45) is 0 Å². The second kappa shape index (κ2) is 8.80. The van der Waals surface area contributed by atoms with Crippen LogP contribution in [0.15, 0.2) is 30.3 Å². The molecule has 1 fully saturated rings. The summed E-state index contributed by atoms with van der Waals surface area (Å²) in [5.41, 5.74) is 2.92. The molecular weight excluding hydrogens is 426 g/mol. The fourth-order valence-electron chi connectivity index (χ4n) is 4.13. The first kappa shape index (κ1) is 21.5. The van der Waals surface area contributed by atoms with Gasteiger partial charge in [-0.1, -0.05) is 11.6 Å². The van der Waals surface area contributed by atoms with E-state index in [2.05, 4.69) is 10.6 Å². The molecule has 9 heteroatoms. The summed E-state index contributed by atoms with van der Waals surface area (Å²) in [6, 6.07) is 7.90. The molecule has 4 rings (SSSR count). The molecule has 6 nitrogen and oxygen atoms in total. The predicted molar refractivity (Wildman–Crippen MR) is 117 cm³/mol. The maximum Gasteiger partial charge on any atom is 0.238 e. The van der Waals surface area contributed by atoms with E-state index in [1.54, 1.807) is 12.1 Å². The average molecular weight is 449 g/mol. The van der Waals surface area contributed by atoms with Gasteiger partial charge in [0.1, 0.15) is 16.7 Å². The Labute approximate surface area is 184 Å². The van der Waals surface area contributed by atoms with E-state index in [0.717, 1.165) is 11.3 Å². The van der Waals surface area contributed by atoms with Crippen molar-refractivity contribution < 1.29 is 18.4 Å². The predicted octanol–water partition coefficient (Wildman–Crippen LogP) is 3.65. The molecule has 1 saturated heterocycles. The van der Waals surface area contributed by atoms with Crippen LogP contribution in [0, 0.1) is 11.6 Å². The van der Waals surface area contributed by atoms with Gasteiger partial charge in [-0.05, 0) is 49.2 Å². The lowest BCUT2D eigenvalue weighted by Gasteiger charge is -2.41. The van der Waals surface area contributed by atoms with E-state index in [9.17, 15) is 18.4 Å². The number of rotatable bonds is 4. The Morgan fingerprint density at radius 1 is 1.19 bits per heavy atom. The summed E-state index contributed by atoms with van der Waals surface area (Å²) >= 11 is 5.58. The Morgan fingerprint density at radius 2 is 1.94 bits per heavy atom. The first-order valence-electron chi connectivity index (χ1n) is 10.2. The fraction of sp³-hybridized carbons (Fsp3) is 0.364. The minimum atomic E-state index is -0.782. The summed E-state index contributed by atoms with van der Waals surface area (Å²) in [6.45, 7) is 3.87. The third-order valence-corrected chi connectivity index (χ3v) is 6.02. The van der Waals surface area contributed by atoms with Crippen LogP contribution in [0.1, 0.15) is 18.9 Å². The lowest BCUT2D eigenvalue weighted by atomic mass is 10.0. The molecule has 2 aliphatic heterocycles. The summed E-state index contributed by atoms with van der Waals surface area (Å²) in [7, 11) is 0. The van der Waals surface area contributed by atoms with Crippen LogP contribution < -0.4 is 15.5 Å². The average Bonchev–Trinajstić information content (AvgIpc) is 2.72. The van der Waals surface area contributed by atoms with Crippen molar-refractivity contribution in [3.63, 3.8) is 0 Å². The molecule has 0 saturated carbocycles. The van der Waals surface area contributed by atoms with Gasteiger partial charge in [0, 0.05) is 49.2 Å². The highest BCUT2D eigenvalue weighted by molar-refractivity contribution is 6.31. The summed E-state index contributed by atoms with van der Waals surface area (Å²) in [4.78, 5) is 27.9. The van der Waals surface area contributed by atoms with Gasteiger partial charge in [0.05, 0.1) is 6.54 Å². The van der Waals surface area contributed by atoms with Crippen LogP contribution in [0.3, 0.4) is 0 Å². The molecule has 0 unspecified atom stereocenters. The molecule has 2 aromatic rings. The lowest BCUT2D eigenvalue weighted by Crippen LogP contribution is -2.53. The third-order valence-electron chi connectivity index (χ3n) is 5.66. The number of aryl methyl sites for hydroxylation is 1. The molecule has 2 aromatic carbocycles. The molecule has 164 valence electrons. The van der Waals surface area contributed by atoms with Crippen LogP contribution in [0.5, 0.6) is 0 Å². The van der Waals surface area contributed by atoms with Gasteiger partial charge in [-0.2, -0.15) is 0 Å². The second-order valence-electron chi connectivity index (χ2n) is 7.97. The number of anilines is 3. The fourth-order valence-corrected chi connectivity index (χ4v) is 4.24. The number of carbonyl (C=O) groups excluding carboxylic acids is 2. The molecule has 0 radical (unpaired) electrons. The minimum absolute atomic E-state index is 0.00150. The number of benzene rings is 2. The maximum atomic E-state index is 13.8. The molecule has 2 N–H and O–H groups in total. The number of fused-ring (bicyclic) bond motifs is 1. The van der Waals surface area contributed by atoms with E-state index < -0.39 is 16.7 Å². The molecule has 0 aliphatic carbocycles. The summed E-state index contributed by atoms with van der Waals surface area (Å²) < 4.78 is 27.6. The van der Waals surface area contributed by atoms with E-state index >= 15 is 0 Å². The van der Waals surface area contributed by atoms with Gasteiger partial charge in [-0.3, -0.25) is 14.5 Å². The molecule has 31 heavy (non-hydrogen) atoms. The van der Waals surface area contributed by atoms with E-state index in [4.69, 9.17) is 11.6 Å². The van der Waals surface area contributed by atoms with Crippen molar-refractivity contribution in [2.45, 2.75) is 25.8 Å². The number of nitrogens with one attached hydrogen (secondary N) is 2. The molecular formula is C22H23ClF2N4O2. The van der Waals surface area contributed by atoms with Gasteiger partial charge < -0.3 is 15.5 Å². The zero-order chi connectivity index (χ0) is 22.1. The molecule has 2 amide bonds. The number of halogens is 3. The summed E-state index contributed by atoms with van der Waals surface area (Å²) in [5, 5.41) is 5.22. The van der Waals surface area contributed by atoms with Gasteiger partial charge in [0.25, 0.3) is 0 Å². The lowest BCUT2D eigenvalue weighted by molar-refractivity contribution is -0.118. The minimum Gasteiger partial charge on any atom is -0.366 e. The second-order valence-corrected chi connectivity index (χ2v) is 8.35. The number of amides is 2. The quantitative estimate of drug-likeness (QED) is 0.701. The van der Waals surface area contributed by atoms with E-state index in [1.165, 1.54) is 12.1 Å². The topological polar surface area (TPSA) is 64.7 Å². The number of hydrogen-bond acceptors (Lipinski definition) is 4. The van der Waals surface area contributed by atoms with Gasteiger partial charge >= 0.3 is 0 Å². The van der Waals surface area contributed by atoms with Crippen LogP contribution in [0.25, 0.3) is 0 Å². The monoisotopic (exact) mass is 448 g/mol. The molecule has 2 aliphatic rings. The first-order valence-corrected chi connectivity index (χ1v) is 10.5. The van der Waals surface area contributed by atoms with E-state index in [1.807, 2.05) is 22.8 Å². The highest BCUT2D eigenvalue weighted by Crippen LogP contribution is 2.28. The number of carbonyl (C=O) groups is 2.